The Balaban J connectivity index is 1.77. The summed E-state index contributed by atoms with van der Waals surface area (Å²) in [6.07, 6.45) is -3.28. The summed E-state index contributed by atoms with van der Waals surface area (Å²) in [6.45, 7) is 0. The number of ether oxygens (including phenoxy) is 1. The van der Waals surface area contributed by atoms with Gasteiger partial charge in [0, 0.05) is 16.1 Å². The lowest BCUT2D eigenvalue weighted by molar-refractivity contribution is -0.385. The van der Waals surface area contributed by atoms with Crippen LogP contribution in [0.1, 0.15) is 17.0 Å². The van der Waals surface area contributed by atoms with Crippen LogP contribution in [0, 0.1) is 21.4 Å². The van der Waals surface area contributed by atoms with Gasteiger partial charge in [0.1, 0.15) is 17.6 Å². The number of nitriles is 1. The molecule has 7 nitrogen and oxygen atoms in total. The number of nitro benzene ring substituents is 1. The number of halogens is 4. The molecule has 3 aromatic carbocycles. The Morgan fingerprint density at radius 1 is 1.15 bits per heavy atom. The van der Waals surface area contributed by atoms with Crippen LogP contribution in [-0.4, -0.2) is 14.9 Å². The van der Waals surface area contributed by atoms with Gasteiger partial charge < -0.3 is 9.72 Å². The van der Waals surface area contributed by atoms with Gasteiger partial charge in [-0.1, -0.05) is 28.1 Å². The van der Waals surface area contributed by atoms with E-state index in [1.807, 2.05) is 6.07 Å². The Hall–Kier alpha value is -4.17. The van der Waals surface area contributed by atoms with Crippen LogP contribution in [0.15, 0.2) is 65.1 Å². The third kappa shape index (κ3) is 4.77. The number of rotatable bonds is 5. The van der Waals surface area contributed by atoms with Crippen molar-refractivity contribution in [3.63, 3.8) is 0 Å². The summed E-state index contributed by atoms with van der Waals surface area (Å²) in [5, 5.41) is 21.1. The van der Waals surface area contributed by atoms with Crippen LogP contribution in [-0.2, 0) is 6.18 Å². The molecule has 34 heavy (non-hydrogen) atoms. The molecule has 0 atom stereocenters. The summed E-state index contributed by atoms with van der Waals surface area (Å²) in [5.74, 6) is 0.0160. The molecule has 0 aliphatic carbocycles. The highest BCUT2D eigenvalue weighted by Gasteiger charge is 2.33. The van der Waals surface area contributed by atoms with Gasteiger partial charge in [-0.2, -0.15) is 18.4 Å². The number of nitro groups is 1. The normalized spacial score (nSPS) is 11.9. The molecule has 0 fully saturated rings. The lowest BCUT2D eigenvalue weighted by Gasteiger charge is -2.12. The topological polar surface area (TPSA) is 105 Å². The third-order valence-corrected chi connectivity index (χ3v) is 5.23. The van der Waals surface area contributed by atoms with Gasteiger partial charge in [0.25, 0.3) is 0 Å². The van der Waals surface area contributed by atoms with Crippen molar-refractivity contribution in [1.82, 2.24) is 9.97 Å². The number of hydrogen-bond donors (Lipinski definition) is 1. The second kappa shape index (κ2) is 8.99. The van der Waals surface area contributed by atoms with Crippen LogP contribution in [0.4, 0.5) is 18.9 Å². The van der Waals surface area contributed by atoms with Crippen LogP contribution >= 0.6 is 15.9 Å². The molecule has 1 heterocycles. The summed E-state index contributed by atoms with van der Waals surface area (Å²) in [7, 11) is 0. The second-order valence-electron chi connectivity index (χ2n) is 6.99. The van der Waals surface area contributed by atoms with E-state index in [9.17, 15) is 28.5 Å². The van der Waals surface area contributed by atoms with Crippen molar-refractivity contribution in [2.24, 2.45) is 0 Å². The van der Waals surface area contributed by atoms with Gasteiger partial charge in [-0.25, -0.2) is 4.98 Å². The molecule has 1 aromatic heterocycles. The van der Waals surface area contributed by atoms with Gasteiger partial charge in [-0.3, -0.25) is 10.1 Å². The van der Waals surface area contributed by atoms with E-state index in [1.54, 1.807) is 30.3 Å². The van der Waals surface area contributed by atoms with Gasteiger partial charge in [0.15, 0.2) is 0 Å². The molecule has 0 bridgehead atoms. The summed E-state index contributed by atoms with van der Waals surface area (Å²) in [6, 6.07) is 15.9. The highest BCUT2D eigenvalue weighted by molar-refractivity contribution is 9.10. The molecule has 0 unspecified atom stereocenters. The number of alkyl halides is 3. The number of benzene rings is 3. The molecule has 0 saturated heterocycles. The smallest absolute Gasteiger partial charge is 0.416 e. The molecule has 170 valence electrons. The quantitative estimate of drug-likeness (QED) is 0.169. The molecule has 1 N–H and O–H groups in total. The number of aromatic amines is 1. The highest BCUT2D eigenvalue weighted by atomic mass is 79.9. The standard InChI is InChI=1S/C23H12BrF3N4O3/c24-16-6-8-20(34-21-7-5-15(23(25,26)27)11-19(21)31(32)33)13(10-16)9-14(12-28)22-29-17-3-1-2-4-18(17)30-22/h1-11H,(H,29,30)/b14-9+. The van der Waals surface area contributed by atoms with E-state index < -0.39 is 22.4 Å². The zero-order valence-electron chi connectivity index (χ0n) is 16.9. The number of allylic oxidation sites excluding steroid dienone is 1. The van der Waals surface area contributed by atoms with Gasteiger partial charge >= 0.3 is 11.9 Å². The molecular weight excluding hydrogens is 517 g/mol. The van der Waals surface area contributed by atoms with Crippen molar-refractivity contribution in [1.29, 1.82) is 5.26 Å². The Labute approximate surface area is 198 Å². The Morgan fingerprint density at radius 2 is 1.88 bits per heavy atom. The SMILES string of the molecule is N#C/C(=C\c1cc(Br)ccc1Oc1ccc(C(F)(F)F)cc1[N+](=O)[O-])c1nc2ccccc2[nH]1. The maximum Gasteiger partial charge on any atom is 0.416 e. The minimum Gasteiger partial charge on any atom is -0.449 e. The Morgan fingerprint density at radius 3 is 2.56 bits per heavy atom. The number of nitrogens with one attached hydrogen (secondary N) is 1. The van der Waals surface area contributed by atoms with E-state index in [2.05, 4.69) is 32.0 Å². The molecular formula is C23H12BrF3N4O3. The highest BCUT2D eigenvalue weighted by Crippen LogP contribution is 2.39. The molecule has 0 aliphatic heterocycles. The molecule has 11 heteroatoms. The first kappa shape index (κ1) is 23.0. The number of nitrogens with zero attached hydrogens (tertiary/aromatic N) is 3. The fraction of sp³-hybridized carbons (Fsp3) is 0.0435. The van der Waals surface area contributed by atoms with Gasteiger partial charge in [0.2, 0.25) is 5.75 Å². The van der Waals surface area contributed by atoms with Gasteiger partial charge in [-0.05, 0) is 48.5 Å². The van der Waals surface area contributed by atoms with Crippen molar-refractivity contribution in [2.75, 3.05) is 0 Å². The minimum atomic E-state index is -4.75. The molecule has 0 spiro atoms. The maximum absolute atomic E-state index is 13.0. The molecule has 0 amide bonds. The lowest BCUT2D eigenvalue weighted by atomic mass is 10.1. The predicted octanol–water partition coefficient (Wildman–Crippen LogP) is 7.11. The van der Waals surface area contributed by atoms with Crippen molar-refractivity contribution in [3.8, 4) is 17.6 Å². The summed E-state index contributed by atoms with van der Waals surface area (Å²) in [5.41, 5.74) is -0.124. The van der Waals surface area contributed by atoms with Crippen LogP contribution < -0.4 is 4.74 Å². The summed E-state index contributed by atoms with van der Waals surface area (Å²) >= 11 is 3.32. The number of imidazole rings is 1. The van der Waals surface area contributed by atoms with E-state index in [0.29, 0.717) is 33.5 Å². The van der Waals surface area contributed by atoms with Crippen molar-refractivity contribution >= 4 is 44.3 Å². The first-order valence-corrected chi connectivity index (χ1v) is 10.3. The molecule has 0 aliphatic rings. The van der Waals surface area contributed by atoms with Crippen LogP contribution in [0.3, 0.4) is 0 Å². The van der Waals surface area contributed by atoms with Gasteiger partial charge in [-0.15, -0.1) is 0 Å². The fourth-order valence-electron chi connectivity index (χ4n) is 3.16. The van der Waals surface area contributed by atoms with Crippen LogP contribution in [0.5, 0.6) is 11.5 Å². The minimum absolute atomic E-state index is 0.0925. The zero-order chi connectivity index (χ0) is 24.5. The average molecular weight is 529 g/mol. The second-order valence-corrected chi connectivity index (χ2v) is 7.91. The molecule has 4 aromatic rings. The molecule has 0 saturated carbocycles. The van der Waals surface area contributed by atoms with Gasteiger partial charge in [0.05, 0.1) is 27.1 Å². The molecule has 0 radical (unpaired) electrons. The average Bonchev–Trinajstić information content (AvgIpc) is 3.22. The van der Waals surface area contributed by atoms with Crippen LogP contribution in [0.25, 0.3) is 22.7 Å². The predicted molar refractivity (Wildman–Crippen MR) is 122 cm³/mol. The van der Waals surface area contributed by atoms with E-state index in [1.165, 1.54) is 12.1 Å². The number of para-hydroxylation sites is 2. The number of hydrogen-bond acceptors (Lipinski definition) is 5. The fourth-order valence-corrected chi connectivity index (χ4v) is 3.53. The molecule has 4 rings (SSSR count). The first-order valence-electron chi connectivity index (χ1n) is 9.55. The summed E-state index contributed by atoms with van der Waals surface area (Å²) < 4.78 is 45.3. The largest absolute Gasteiger partial charge is 0.449 e. The van der Waals surface area contributed by atoms with E-state index in [-0.39, 0.29) is 17.1 Å². The van der Waals surface area contributed by atoms with Crippen molar-refractivity contribution in [2.45, 2.75) is 6.18 Å². The van der Waals surface area contributed by atoms with Crippen molar-refractivity contribution < 1.29 is 22.8 Å². The Bertz CT molecular complexity index is 1460. The number of fused-ring (bicyclic) bond motifs is 1. The number of aromatic nitrogens is 2. The lowest BCUT2D eigenvalue weighted by Crippen LogP contribution is -2.06. The first-order chi connectivity index (χ1) is 16.2. The van der Waals surface area contributed by atoms with E-state index in [4.69, 9.17) is 4.74 Å². The summed E-state index contributed by atoms with van der Waals surface area (Å²) in [4.78, 5) is 17.9. The van der Waals surface area contributed by atoms with Crippen molar-refractivity contribution in [3.05, 3.63) is 92.2 Å². The number of H-pyrrole nitrogens is 1. The third-order valence-electron chi connectivity index (χ3n) is 4.74. The monoisotopic (exact) mass is 528 g/mol. The van der Waals surface area contributed by atoms with E-state index in [0.717, 1.165) is 11.6 Å². The maximum atomic E-state index is 13.0. The zero-order valence-corrected chi connectivity index (χ0v) is 18.5. The van der Waals surface area contributed by atoms with Crippen LogP contribution in [0.2, 0.25) is 0 Å². The Kier molecular flexibility index (Phi) is 6.08. The van der Waals surface area contributed by atoms with E-state index >= 15 is 0 Å².